The third-order valence-corrected chi connectivity index (χ3v) is 2.40. The molecule has 2 aromatic carbocycles. The van der Waals surface area contributed by atoms with Gasteiger partial charge in [-0.1, -0.05) is 39.9 Å². The molecule has 0 aromatic heterocycles. The molecule has 1 N–H and O–H groups in total. The van der Waals surface area contributed by atoms with Gasteiger partial charge in [-0.2, -0.15) is 0 Å². The van der Waals surface area contributed by atoms with Crippen LogP contribution in [0.5, 0.6) is 5.75 Å². The standard InChI is InChI=1S/C13H9BrO/c14-7-1-2-10-3-4-11-5-6-13(15)9-12(11)8-10/h3-6,8-9,15H,7H2. The van der Waals surface area contributed by atoms with Gasteiger partial charge >= 0.3 is 0 Å². The third kappa shape index (κ3) is 2.31. The van der Waals surface area contributed by atoms with Crippen molar-refractivity contribution in [1.82, 2.24) is 0 Å². The summed E-state index contributed by atoms with van der Waals surface area (Å²) in [5.41, 5.74) is 0.965. The highest BCUT2D eigenvalue weighted by molar-refractivity contribution is 9.09. The number of hydrogen-bond donors (Lipinski definition) is 1. The maximum absolute atomic E-state index is 9.35. The van der Waals surface area contributed by atoms with Gasteiger partial charge in [-0.15, -0.1) is 0 Å². The van der Waals surface area contributed by atoms with E-state index >= 15 is 0 Å². The monoisotopic (exact) mass is 260 g/mol. The number of aromatic hydroxyl groups is 1. The van der Waals surface area contributed by atoms with E-state index in [1.54, 1.807) is 12.1 Å². The molecule has 0 bridgehead atoms. The molecule has 0 aliphatic rings. The maximum Gasteiger partial charge on any atom is 0.116 e. The third-order valence-electron chi connectivity index (χ3n) is 2.12. The second kappa shape index (κ2) is 4.37. The Balaban J connectivity index is 2.54. The summed E-state index contributed by atoms with van der Waals surface area (Å²) in [6, 6.07) is 11.3. The number of rotatable bonds is 0. The quantitative estimate of drug-likeness (QED) is 0.570. The summed E-state index contributed by atoms with van der Waals surface area (Å²) in [6.07, 6.45) is 0. The van der Waals surface area contributed by atoms with Crippen LogP contribution in [0.1, 0.15) is 5.56 Å². The Kier molecular flexibility index (Phi) is 2.94. The van der Waals surface area contributed by atoms with Gasteiger partial charge in [-0.25, -0.2) is 0 Å². The van der Waals surface area contributed by atoms with Gasteiger partial charge in [0.05, 0.1) is 5.33 Å². The lowest BCUT2D eigenvalue weighted by molar-refractivity contribution is 0.476. The highest BCUT2D eigenvalue weighted by Gasteiger charge is 1.95. The fourth-order valence-electron chi connectivity index (χ4n) is 1.45. The van der Waals surface area contributed by atoms with Crippen LogP contribution in [0, 0.1) is 11.8 Å². The van der Waals surface area contributed by atoms with Crippen LogP contribution in [0.3, 0.4) is 0 Å². The minimum atomic E-state index is 0.285. The summed E-state index contributed by atoms with van der Waals surface area (Å²) < 4.78 is 0. The summed E-state index contributed by atoms with van der Waals surface area (Å²) >= 11 is 3.25. The molecule has 0 aliphatic heterocycles. The minimum Gasteiger partial charge on any atom is -0.508 e. The van der Waals surface area contributed by atoms with E-state index in [1.165, 1.54) is 0 Å². The predicted octanol–water partition coefficient (Wildman–Crippen LogP) is 3.29. The average Bonchev–Trinajstić information content (AvgIpc) is 2.25. The molecule has 0 fully saturated rings. The number of phenolic OH excluding ortho intramolecular Hbond substituents is 1. The van der Waals surface area contributed by atoms with E-state index in [-0.39, 0.29) is 5.75 Å². The molecule has 0 amide bonds. The van der Waals surface area contributed by atoms with Crippen LogP contribution in [0.15, 0.2) is 36.4 Å². The molecular formula is C13H9BrO. The van der Waals surface area contributed by atoms with E-state index in [1.807, 2.05) is 24.3 Å². The van der Waals surface area contributed by atoms with Crippen LogP contribution >= 0.6 is 15.9 Å². The molecule has 0 saturated heterocycles. The Morgan fingerprint density at radius 3 is 2.67 bits per heavy atom. The van der Waals surface area contributed by atoms with Crippen molar-refractivity contribution in [3.8, 4) is 17.6 Å². The smallest absolute Gasteiger partial charge is 0.116 e. The molecule has 0 saturated carbocycles. The fraction of sp³-hybridized carbons (Fsp3) is 0.0769. The van der Waals surface area contributed by atoms with Crippen LogP contribution in [0.25, 0.3) is 10.8 Å². The van der Waals surface area contributed by atoms with E-state index in [0.717, 1.165) is 16.3 Å². The molecule has 0 atom stereocenters. The summed E-state index contributed by atoms with van der Waals surface area (Å²) in [5, 5.41) is 12.1. The largest absolute Gasteiger partial charge is 0.508 e. The van der Waals surface area contributed by atoms with Crippen molar-refractivity contribution < 1.29 is 5.11 Å². The van der Waals surface area contributed by atoms with Crippen molar-refractivity contribution in [2.24, 2.45) is 0 Å². The number of fused-ring (bicyclic) bond motifs is 1. The number of alkyl halides is 1. The number of halogens is 1. The zero-order chi connectivity index (χ0) is 10.7. The average molecular weight is 261 g/mol. The van der Waals surface area contributed by atoms with Crippen molar-refractivity contribution in [2.45, 2.75) is 0 Å². The molecule has 0 heterocycles. The van der Waals surface area contributed by atoms with Crippen LogP contribution < -0.4 is 0 Å². The van der Waals surface area contributed by atoms with Crippen LogP contribution in [-0.4, -0.2) is 10.4 Å². The van der Waals surface area contributed by atoms with Gasteiger partial charge in [-0.05, 0) is 35.0 Å². The van der Waals surface area contributed by atoms with Gasteiger partial charge in [0.25, 0.3) is 0 Å². The van der Waals surface area contributed by atoms with Crippen LogP contribution in [0.4, 0.5) is 0 Å². The van der Waals surface area contributed by atoms with Crippen LogP contribution in [-0.2, 0) is 0 Å². The molecule has 2 rings (SSSR count). The lowest BCUT2D eigenvalue weighted by Gasteiger charge is -1.99. The Hall–Kier alpha value is -1.46. The molecule has 74 valence electrons. The number of phenols is 1. The predicted molar refractivity (Wildman–Crippen MR) is 66.3 cm³/mol. The number of benzene rings is 2. The molecule has 0 spiro atoms. The highest BCUT2D eigenvalue weighted by Crippen LogP contribution is 2.20. The van der Waals surface area contributed by atoms with E-state index in [2.05, 4.69) is 27.8 Å². The maximum atomic E-state index is 9.35. The highest BCUT2D eigenvalue weighted by atomic mass is 79.9. The summed E-state index contributed by atoms with van der Waals surface area (Å²) in [4.78, 5) is 0. The second-order valence-electron chi connectivity index (χ2n) is 3.18. The lowest BCUT2D eigenvalue weighted by atomic mass is 10.1. The molecule has 2 heteroatoms. The van der Waals surface area contributed by atoms with Gasteiger partial charge in [0, 0.05) is 5.56 Å². The normalized spacial score (nSPS) is 9.67. The van der Waals surface area contributed by atoms with E-state index < -0.39 is 0 Å². The van der Waals surface area contributed by atoms with Crippen molar-refractivity contribution >= 4 is 26.7 Å². The Morgan fingerprint density at radius 2 is 1.87 bits per heavy atom. The number of hydrogen-bond acceptors (Lipinski definition) is 1. The van der Waals surface area contributed by atoms with Crippen molar-refractivity contribution in [1.29, 1.82) is 0 Å². The van der Waals surface area contributed by atoms with Gasteiger partial charge in [-0.3, -0.25) is 0 Å². The van der Waals surface area contributed by atoms with Crippen molar-refractivity contribution in [3.05, 3.63) is 42.0 Å². The topological polar surface area (TPSA) is 20.2 Å². The van der Waals surface area contributed by atoms with Gasteiger partial charge < -0.3 is 5.11 Å². The van der Waals surface area contributed by atoms with Crippen molar-refractivity contribution in [3.63, 3.8) is 0 Å². The van der Waals surface area contributed by atoms with E-state index in [4.69, 9.17) is 0 Å². The Bertz CT molecular complexity index is 549. The van der Waals surface area contributed by atoms with E-state index in [0.29, 0.717) is 5.33 Å². The molecule has 15 heavy (non-hydrogen) atoms. The SMILES string of the molecule is Oc1ccc2ccc(C#CCBr)cc2c1. The zero-order valence-electron chi connectivity index (χ0n) is 8.00. The molecule has 0 unspecified atom stereocenters. The Morgan fingerprint density at radius 1 is 1.07 bits per heavy atom. The molecule has 2 aromatic rings. The Labute approximate surface area is 96.9 Å². The first kappa shape index (κ1) is 10.1. The minimum absolute atomic E-state index is 0.285. The van der Waals surface area contributed by atoms with Gasteiger partial charge in [0.1, 0.15) is 5.75 Å². The molecule has 1 nitrogen and oxygen atoms in total. The van der Waals surface area contributed by atoms with Crippen molar-refractivity contribution in [2.75, 3.05) is 5.33 Å². The van der Waals surface area contributed by atoms with Crippen LogP contribution in [0.2, 0.25) is 0 Å². The fourth-order valence-corrected chi connectivity index (χ4v) is 1.59. The first-order valence-electron chi connectivity index (χ1n) is 4.57. The van der Waals surface area contributed by atoms with E-state index in [9.17, 15) is 5.11 Å². The van der Waals surface area contributed by atoms with Gasteiger partial charge in [0.2, 0.25) is 0 Å². The van der Waals surface area contributed by atoms with Gasteiger partial charge in [0.15, 0.2) is 0 Å². The zero-order valence-corrected chi connectivity index (χ0v) is 9.58. The first-order valence-corrected chi connectivity index (χ1v) is 5.69. The lowest BCUT2D eigenvalue weighted by Crippen LogP contribution is -1.77. The summed E-state index contributed by atoms with van der Waals surface area (Å²) in [7, 11) is 0. The summed E-state index contributed by atoms with van der Waals surface area (Å²) in [6.45, 7) is 0. The molecule has 0 aliphatic carbocycles. The molecule has 0 radical (unpaired) electrons. The first-order chi connectivity index (χ1) is 7.29. The second-order valence-corrected chi connectivity index (χ2v) is 3.74. The summed E-state index contributed by atoms with van der Waals surface area (Å²) in [5.74, 6) is 6.26. The molecular weight excluding hydrogens is 252 g/mol.